The Bertz CT molecular complexity index is 1940. The van der Waals surface area contributed by atoms with E-state index < -0.39 is 96.5 Å². The Balaban J connectivity index is 0.00000237. The van der Waals surface area contributed by atoms with Gasteiger partial charge in [-0.15, -0.1) is 0 Å². The largest absolute Gasteiger partial charge is 0.481 e. The highest BCUT2D eigenvalue weighted by atomic mass is 33.1. The fraction of sp³-hybridized carbons (Fsp3) is 0.514. The summed E-state index contributed by atoms with van der Waals surface area (Å²) in [6.07, 6.45) is 2.48. The number of aliphatic carboxylic acids is 2. The highest BCUT2D eigenvalue weighted by Crippen LogP contribution is 2.25. The minimum atomic E-state index is -1.68. The number of fused-ring (bicyclic) bond motifs is 2. The van der Waals surface area contributed by atoms with Gasteiger partial charge in [0.25, 0.3) is 5.97 Å². The van der Waals surface area contributed by atoms with E-state index in [9.17, 15) is 43.5 Å². The fourth-order valence-electron chi connectivity index (χ4n) is 6.39. The summed E-state index contributed by atoms with van der Waals surface area (Å²) >= 11 is 0. The lowest BCUT2D eigenvalue weighted by Crippen LogP contribution is -2.59. The van der Waals surface area contributed by atoms with Crippen LogP contribution in [0.1, 0.15) is 57.4 Å². The van der Waals surface area contributed by atoms with Gasteiger partial charge in [-0.2, -0.15) is 0 Å². The number of guanidine groups is 1. The minimum absolute atomic E-state index is 0.0195. The molecule has 0 aliphatic carbocycles. The highest BCUT2D eigenvalue weighted by Gasteiger charge is 2.40. The molecule has 0 unspecified atom stereocenters. The SMILES string of the molecule is CC(=O)O.NC(=O)[C@H]1CSSCCC(=O)N[C@@H](CCCCN=C(N)N)C(=O)NCC(=O)N[C@@H](CC(=O)O)C(=O)N[C@H](Cc2c[nH]c3ccccc23)C(=O)N2CCC[C@@H]2C(=O)N1. The van der Waals surface area contributed by atoms with Crippen molar-refractivity contribution in [2.75, 3.05) is 31.1 Å². The summed E-state index contributed by atoms with van der Waals surface area (Å²) < 4.78 is 0. The van der Waals surface area contributed by atoms with E-state index in [1.165, 1.54) is 26.5 Å². The number of carbonyl (C=O) groups is 9. The molecular formula is C37H53N11O11S2. The van der Waals surface area contributed by atoms with Crippen LogP contribution in [0.2, 0.25) is 0 Å². The number of aliphatic imine (C=N–C) groups is 1. The molecule has 2 aliphatic rings. The normalized spacial score (nSPS) is 22.5. The van der Waals surface area contributed by atoms with Gasteiger partial charge in [-0.1, -0.05) is 39.8 Å². The topological polar surface area (TPSA) is 364 Å². The van der Waals surface area contributed by atoms with Crippen molar-refractivity contribution < 1.29 is 53.4 Å². The van der Waals surface area contributed by atoms with E-state index in [2.05, 4.69) is 36.6 Å². The number of nitrogens with two attached hydrogens (primary N) is 3. The molecule has 2 saturated heterocycles. The van der Waals surface area contributed by atoms with Crippen molar-refractivity contribution in [3.05, 3.63) is 36.0 Å². The summed E-state index contributed by atoms with van der Waals surface area (Å²) in [6.45, 7) is 0.851. The van der Waals surface area contributed by atoms with Gasteiger partial charge in [-0.3, -0.25) is 48.1 Å². The van der Waals surface area contributed by atoms with Crippen LogP contribution in [-0.2, 0) is 49.6 Å². The minimum Gasteiger partial charge on any atom is -0.481 e. The summed E-state index contributed by atoms with van der Waals surface area (Å²) in [6, 6.07) is 1.07. The van der Waals surface area contributed by atoms with Crippen molar-refractivity contribution in [3.8, 4) is 0 Å². The Morgan fingerprint density at radius 2 is 1.57 bits per heavy atom. The van der Waals surface area contributed by atoms with Crippen LogP contribution in [0.5, 0.6) is 0 Å². The molecule has 2 aliphatic heterocycles. The summed E-state index contributed by atoms with van der Waals surface area (Å²) in [5, 5.41) is 30.5. The van der Waals surface area contributed by atoms with Crippen LogP contribution < -0.4 is 43.8 Å². The number of nitrogens with zero attached hydrogens (tertiary/aromatic N) is 2. The van der Waals surface area contributed by atoms with Gasteiger partial charge >= 0.3 is 5.97 Å². The molecule has 5 atom stereocenters. The number of para-hydroxylation sites is 1. The first-order valence-electron chi connectivity index (χ1n) is 19.3. The van der Waals surface area contributed by atoms with Gasteiger partial charge in [-0.25, -0.2) is 0 Å². The molecule has 334 valence electrons. The van der Waals surface area contributed by atoms with Crippen molar-refractivity contribution in [1.82, 2.24) is 36.5 Å². The number of benzene rings is 1. The summed E-state index contributed by atoms with van der Waals surface area (Å²) in [5.41, 5.74) is 17.8. The molecule has 0 radical (unpaired) electrons. The van der Waals surface area contributed by atoms with Crippen LogP contribution in [-0.4, -0.2) is 141 Å². The Kier molecular flexibility index (Phi) is 20.1. The zero-order chi connectivity index (χ0) is 45.1. The smallest absolute Gasteiger partial charge is 0.305 e. The number of carboxylic acid groups (broad SMARTS) is 2. The number of hydrogen-bond donors (Lipinski definition) is 11. The van der Waals surface area contributed by atoms with Crippen molar-refractivity contribution in [3.63, 3.8) is 0 Å². The third-order valence-electron chi connectivity index (χ3n) is 9.24. The first-order chi connectivity index (χ1) is 29.0. The number of nitrogens with one attached hydrogen (secondary N) is 6. The quantitative estimate of drug-likeness (QED) is 0.0534. The molecule has 24 heteroatoms. The van der Waals surface area contributed by atoms with E-state index in [4.69, 9.17) is 27.1 Å². The van der Waals surface area contributed by atoms with Crippen molar-refractivity contribution in [2.45, 2.75) is 88.5 Å². The maximum absolute atomic E-state index is 14.3. The number of unbranched alkanes of at least 4 members (excludes halogenated alkanes) is 1. The van der Waals surface area contributed by atoms with E-state index in [-0.39, 0.29) is 56.2 Å². The number of H-pyrrole nitrogens is 1. The third kappa shape index (κ3) is 16.9. The monoisotopic (exact) mass is 891 g/mol. The first kappa shape index (κ1) is 49.3. The second-order valence-corrected chi connectivity index (χ2v) is 16.6. The first-order valence-corrected chi connectivity index (χ1v) is 21.8. The Morgan fingerprint density at radius 3 is 2.26 bits per heavy atom. The lowest BCUT2D eigenvalue weighted by atomic mass is 10.0. The Hall–Kier alpha value is -6.04. The molecule has 0 bridgehead atoms. The molecule has 2 aromatic rings. The van der Waals surface area contributed by atoms with Crippen molar-refractivity contribution >= 4 is 91.7 Å². The van der Waals surface area contributed by atoms with Gasteiger partial charge in [0.15, 0.2) is 5.96 Å². The van der Waals surface area contributed by atoms with Crippen molar-refractivity contribution in [1.29, 1.82) is 0 Å². The zero-order valence-corrected chi connectivity index (χ0v) is 35.1. The van der Waals surface area contributed by atoms with Crippen LogP contribution in [0.25, 0.3) is 10.9 Å². The Morgan fingerprint density at radius 1 is 0.869 bits per heavy atom. The average molecular weight is 892 g/mol. The molecule has 2 fully saturated rings. The molecule has 3 heterocycles. The number of carboxylic acids is 2. The standard InChI is InChI=1S/C35H49N11O9S2.C2H4O2/c36-30(51)25-18-57-56-13-10-27(47)42-22(8-3-4-11-39-35(37)38)31(52)41-17-28(48)43-23(15-29(49)50)32(53)44-24(14-19-16-40-21-7-2-1-6-20(19)21)34(55)46-12-5-9-26(46)33(54)45-25;1-2(3)4/h1-2,6-7,16,22-26,40H,3-5,8-15,17-18H2,(H2,36,51)(H,41,52)(H,42,47)(H,43,48)(H,44,53)(H,45,54)(H,49,50)(H4,37,38,39);1H3,(H,3,4)/t22-,23-,24+,25+,26+;/m0./s1. The number of aromatic nitrogens is 1. The molecule has 1 aromatic carbocycles. The van der Waals surface area contributed by atoms with Gasteiger partial charge in [0.05, 0.1) is 13.0 Å². The van der Waals surface area contributed by atoms with Gasteiger partial charge in [0.1, 0.15) is 30.2 Å². The van der Waals surface area contributed by atoms with E-state index in [0.29, 0.717) is 24.8 Å². The van der Waals surface area contributed by atoms with Crippen LogP contribution in [0, 0.1) is 0 Å². The predicted molar refractivity (Wildman–Crippen MR) is 226 cm³/mol. The van der Waals surface area contributed by atoms with E-state index >= 15 is 0 Å². The number of amides is 7. The molecule has 22 nitrogen and oxygen atoms in total. The zero-order valence-electron chi connectivity index (χ0n) is 33.5. The second-order valence-electron chi connectivity index (χ2n) is 14.0. The number of primary amides is 1. The molecule has 0 saturated carbocycles. The maximum atomic E-state index is 14.3. The van der Waals surface area contributed by atoms with Crippen LogP contribution in [0.15, 0.2) is 35.5 Å². The second kappa shape index (κ2) is 24.9. The summed E-state index contributed by atoms with van der Waals surface area (Å²) in [7, 11) is 2.45. The predicted octanol–water partition coefficient (Wildman–Crippen LogP) is -1.96. The van der Waals surface area contributed by atoms with E-state index in [1.807, 2.05) is 18.2 Å². The fourth-order valence-corrected chi connectivity index (χ4v) is 8.56. The van der Waals surface area contributed by atoms with Crippen LogP contribution in [0.3, 0.4) is 0 Å². The molecule has 1 aromatic heterocycles. The summed E-state index contributed by atoms with van der Waals surface area (Å²) in [4.78, 5) is 123. The number of aromatic amines is 1. The van der Waals surface area contributed by atoms with Crippen LogP contribution in [0.4, 0.5) is 0 Å². The molecule has 61 heavy (non-hydrogen) atoms. The highest BCUT2D eigenvalue weighted by molar-refractivity contribution is 8.76. The van der Waals surface area contributed by atoms with Gasteiger partial charge in [0, 0.05) is 61.5 Å². The molecule has 7 amide bonds. The molecular weight excluding hydrogens is 839 g/mol. The lowest BCUT2D eigenvalue weighted by Gasteiger charge is -2.30. The maximum Gasteiger partial charge on any atom is 0.305 e. The van der Waals surface area contributed by atoms with Gasteiger partial charge < -0.3 is 63.9 Å². The number of hydrogen-bond acceptors (Lipinski definition) is 12. The van der Waals surface area contributed by atoms with E-state index in [0.717, 1.165) is 17.8 Å². The molecule has 4 rings (SSSR count). The lowest BCUT2D eigenvalue weighted by molar-refractivity contribution is -0.143. The molecule has 14 N–H and O–H groups in total. The van der Waals surface area contributed by atoms with Gasteiger partial charge in [0.2, 0.25) is 41.4 Å². The van der Waals surface area contributed by atoms with Crippen LogP contribution >= 0.6 is 21.6 Å². The number of carbonyl (C=O) groups excluding carboxylic acids is 7. The summed E-state index contributed by atoms with van der Waals surface area (Å²) in [5.74, 6) is -7.18. The molecule has 0 spiro atoms. The third-order valence-corrected chi connectivity index (χ3v) is 11.7. The number of rotatable bonds is 10. The average Bonchev–Trinajstić information content (AvgIpc) is 3.85. The van der Waals surface area contributed by atoms with Crippen molar-refractivity contribution in [2.24, 2.45) is 22.2 Å². The van der Waals surface area contributed by atoms with E-state index in [1.54, 1.807) is 12.3 Å². The Labute approximate surface area is 358 Å². The van der Waals surface area contributed by atoms with Gasteiger partial charge in [-0.05, 0) is 43.7 Å².